The van der Waals surface area contributed by atoms with Crippen molar-refractivity contribution in [2.45, 2.75) is 0 Å². The van der Waals surface area contributed by atoms with Gasteiger partial charge in [-0.15, -0.1) is 0 Å². The largest absolute Gasteiger partial charge is 1.00 e. The third-order valence-corrected chi connectivity index (χ3v) is 0. The second-order valence-electron chi connectivity index (χ2n) is 0.0630. The maximum absolute atomic E-state index is 8.24. The normalized spacial score (nSPS) is 4.50. The maximum Gasteiger partial charge on any atom is 1.00 e. The molecule has 0 spiro atoms. The fraction of sp³-hybridized carbons (Fsp3) is 0. The van der Waals surface area contributed by atoms with Crippen LogP contribution in [0.2, 0.25) is 0 Å². The van der Waals surface area contributed by atoms with E-state index in [2.05, 4.69) is 0 Å². The van der Waals surface area contributed by atoms with Crippen LogP contribution in [-0.4, -0.2) is 0 Å². The summed E-state index contributed by atoms with van der Waals surface area (Å²) >= 11 is -0.417. The molecule has 20 valence electrons. The molecule has 2 nitrogen and oxygen atoms in total. The van der Waals surface area contributed by atoms with E-state index < -0.39 is 11.3 Å². The van der Waals surface area contributed by atoms with Gasteiger partial charge in [-0.1, -0.05) is 0 Å². The summed E-state index contributed by atoms with van der Waals surface area (Å²) in [6.45, 7) is 0. The Morgan fingerprint density at radius 1 is 1.25 bits per heavy atom. The van der Waals surface area contributed by atoms with Gasteiger partial charge in [0.25, 0.3) is 0 Å². The third kappa shape index (κ3) is 9.19. The van der Waals surface area contributed by atoms with Crippen LogP contribution in [0.4, 0.5) is 0 Å². The number of hydrogen-bond acceptors (Lipinski definition) is 2. The Hall–Kier alpha value is 1.81. The summed E-state index contributed by atoms with van der Waals surface area (Å²) < 4.78 is 16.5. The molecule has 0 heterocycles. The molecule has 0 aromatic carbocycles. The van der Waals surface area contributed by atoms with Crippen LogP contribution in [0.25, 0.3) is 0 Å². The molecular formula is ClFrO2. The number of halogens is 1. The zero-order chi connectivity index (χ0) is 2.71. The van der Waals surface area contributed by atoms with Gasteiger partial charge in [-0.2, -0.15) is 0 Å². The molecule has 0 saturated heterocycles. The van der Waals surface area contributed by atoms with Crippen molar-refractivity contribution in [2.75, 3.05) is 0 Å². The van der Waals surface area contributed by atoms with E-state index in [1.165, 1.54) is 0 Å². The maximum atomic E-state index is 8.24. The fourth-order valence-electron chi connectivity index (χ4n) is 0. The van der Waals surface area contributed by atoms with E-state index in [0.717, 1.165) is 0 Å². The summed E-state index contributed by atoms with van der Waals surface area (Å²) in [6.07, 6.45) is 0. The molecular weight excluding hydrogens is 290 g/mol. The van der Waals surface area contributed by atoms with Gasteiger partial charge in [0.1, 0.15) is 0 Å². The van der Waals surface area contributed by atoms with Crippen molar-refractivity contribution in [1.82, 2.24) is 0 Å². The van der Waals surface area contributed by atoms with Gasteiger partial charge < -0.3 is 9.32 Å². The van der Waals surface area contributed by atoms with Crippen molar-refractivity contribution in [1.29, 1.82) is 0 Å². The zero-order valence-corrected chi connectivity index (χ0v) is 11.2. The van der Waals surface area contributed by atoms with Crippen LogP contribution >= 0.6 is 0 Å². The first-order valence-corrected chi connectivity index (χ1v) is 0.926. The molecule has 0 rings (SSSR count). The summed E-state index contributed by atoms with van der Waals surface area (Å²) in [5, 5.41) is 0. The minimum absolute atomic E-state index is 0. The SMILES string of the molecule is [Fr+].[O-][Cl+][O-]. The van der Waals surface area contributed by atoms with Crippen LogP contribution in [0.5, 0.6) is 0 Å². The second kappa shape index (κ2) is 8.84. The van der Waals surface area contributed by atoms with E-state index in [-0.39, 0.29) is 49.9 Å². The van der Waals surface area contributed by atoms with Crippen LogP contribution in [-0.2, 0) is 0 Å². The predicted octanol–water partition coefficient (Wildman–Crippen LogP) is -2.38. The van der Waals surface area contributed by atoms with Gasteiger partial charge in [-0.05, 0) is 0 Å². The summed E-state index contributed by atoms with van der Waals surface area (Å²) in [4.78, 5) is 0. The molecule has 0 unspecified atom stereocenters. The summed E-state index contributed by atoms with van der Waals surface area (Å²) in [7, 11) is 0. The molecule has 0 fully saturated rings. The van der Waals surface area contributed by atoms with E-state index in [1.54, 1.807) is 0 Å². The first-order chi connectivity index (χ1) is 1.41. The van der Waals surface area contributed by atoms with Crippen molar-refractivity contribution in [3.63, 3.8) is 0 Å². The molecule has 4 heteroatoms. The smallest absolute Gasteiger partial charge is 0.544 e. The van der Waals surface area contributed by atoms with Crippen molar-refractivity contribution in [3.8, 4) is 0 Å². The Bertz CT molecular complexity index is 6.00. The van der Waals surface area contributed by atoms with E-state index in [1.807, 2.05) is 0 Å². The van der Waals surface area contributed by atoms with Gasteiger partial charge >= 0.3 is 49.9 Å². The Labute approximate surface area is 69.3 Å². The first-order valence-electron chi connectivity index (χ1n) is 0.309. The minimum Gasteiger partial charge on any atom is -0.544 e. The Balaban J connectivity index is 0. The minimum atomic E-state index is -0.417. The zero-order valence-electron chi connectivity index (χ0n) is 2.19. The molecule has 0 aliphatic carbocycles. The average Bonchev–Trinajstić information content (AvgIpc) is 0.918. The van der Waals surface area contributed by atoms with E-state index >= 15 is 0 Å². The second-order valence-corrected chi connectivity index (χ2v) is 0.189. The molecule has 0 radical (unpaired) electrons. The molecule has 0 aliphatic heterocycles. The Kier molecular flexibility index (Phi) is 20.5. The summed E-state index contributed by atoms with van der Waals surface area (Å²) in [5.74, 6) is 0. The molecule has 0 aromatic rings. The molecule has 4 heavy (non-hydrogen) atoms. The average molecular weight is 290 g/mol. The molecule has 0 saturated carbocycles. The van der Waals surface area contributed by atoms with E-state index in [9.17, 15) is 0 Å². The quantitative estimate of drug-likeness (QED) is 0.500. The molecule has 0 N–H and O–H groups in total. The van der Waals surface area contributed by atoms with Crippen LogP contribution in [0, 0.1) is 61.2 Å². The summed E-state index contributed by atoms with van der Waals surface area (Å²) in [5.41, 5.74) is 0. The van der Waals surface area contributed by atoms with Crippen LogP contribution < -0.4 is 9.32 Å². The predicted molar refractivity (Wildman–Crippen MR) is 0 cm³/mol. The van der Waals surface area contributed by atoms with Gasteiger partial charge in [0.15, 0.2) is 0 Å². The molecule has 0 aromatic heterocycles. The van der Waals surface area contributed by atoms with Crippen molar-refractivity contribution in [3.05, 3.63) is 0 Å². The van der Waals surface area contributed by atoms with Crippen molar-refractivity contribution in [2.24, 2.45) is 0 Å². The molecule has 0 atom stereocenters. The number of rotatable bonds is 0. The number of hydrogen-bond donors (Lipinski definition) is 0. The first kappa shape index (κ1) is 9.26. The molecule has 0 aliphatic rings. The van der Waals surface area contributed by atoms with E-state index in [0.29, 0.717) is 0 Å². The van der Waals surface area contributed by atoms with E-state index in [4.69, 9.17) is 9.32 Å². The standard InChI is InChI=1S/ClO2.Fr/c2-1-3;/q-1;+1. The molecule has 0 amide bonds. The Morgan fingerprint density at radius 3 is 1.25 bits per heavy atom. The van der Waals surface area contributed by atoms with Crippen molar-refractivity contribution < 1.29 is 70.5 Å². The van der Waals surface area contributed by atoms with Crippen LogP contribution in [0.1, 0.15) is 0 Å². The third-order valence-electron chi connectivity index (χ3n) is 0. The van der Waals surface area contributed by atoms with Gasteiger partial charge in [-0.3, -0.25) is 0 Å². The monoisotopic (exact) mass is 290 g/mol. The van der Waals surface area contributed by atoms with Crippen LogP contribution in [0.15, 0.2) is 0 Å². The molecule has 0 bridgehead atoms. The fourth-order valence-corrected chi connectivity index (χ4v) is 0. The van der Waals surface area contributed by atoms with Crippen LogP contribution in [0.3, 0.4) is 0 Å². The van der Waals surface area contributed by atoms with Gasteiger partial charge in [-0.25, -0.2) is 0 Å². The van der Waals surface area contributed by atoms with Gasteiger partial charge in [0, 0.05) is 0 Å². The van der Waals surface area contributed by atoms with Gasteiger partial charge in [0.05, 0.1) is 11.3 Å². The Morgan fingerprint density at radius 2 is 1.25 bits per heavy atom. The van der Waals surface area contributed by atoms with Gasteiger partial charge in [0.2, 0.25) is 0 Å². The topological polar surface area (TPSA) is 46.1 Å². The van der Waals surface area contributed by atoms with Crippen molar-refractivity contribution >= 4 is 0 Å². The summed E-state index contributed by atoms with van der Waals surface area (Å²) in [6, 6.07) is 0.